The van der Waals surface area contributed by atoms with Crippen LogP contribution in [-0.2, 0) is 4.79 Å². The van der Waals surface area contributed by atoms with Crippen molar-refractivity contribution in [1.29, 1.82) is 0 Å². The molecule has 6 nitrogen and oxygen atoms in total. The van der Waals surface area contributed by atoms with Crippen LogP contribution in [0.5, 0.6) is 0 Å². The number of aromatic nitrogens is 2. The predicted octanol–water partition coefficient (Wildman–Crippen LogP) is 2.35. The van der Waals surface area contributed by atoms with Crippen molar-refractivity contribution >= 4 is 22.6 Å². The Morgan fingerprint density at radius 1 is 1.16 bits per heavy atom. The zero-order valence-electron chi connectivity index (χ0n) is 14.8. The molecule has 2 heterocycles. The highest BCUT2D eigenvalue weighted by atomic mass is 16.2. The molecular weight excluding hydrogens is 316 g/mol. The number of carbonyl (C=O) groups is 2. The van der Waals surface area contributed by atoms with Crippen LogP contribution in [0.3, 0.4) is 0 Å². The van der Waals surface area contributed by atoms with Crippen LogP contribution < -0.4 is 0 Å². The van der Waals surface area contributed by atoms with Crippen LogP contribution in [0.2, 0.25) is 0 Å². The highest BCUT2D eigenvalue weighted by Gasteiger charge is 2.30. The van der Waals surface area contributed by atoms with Crippen molar-refractivity contribution in [3.63, 3.8) is 0 Å². The fourth-order valence-electron chi connectivity index (χ4n) is 3.47. The van der Waals surface area contributed by atoms with Crippen LogP contribution in [0.4, 0.5) is 0 Å². The molecule has 1 atom stereocenters. The van der Waals surface area contributed by atoms with Crippen molar-refractivity contribution in [1.82, 2.24) is 20.0 Å². The number of benzene rings is 1. The monoisotopic (exact) mass is 340 g/mol. The fourth-order valence-corrected chi connectivity index (χ4v) is 3.47. The summed E-state index contributed by atoms with van der Waals surface area (Å²) in [6, 6.07) is 5.56. The molecule has 0 N–H and O–H groups in total. The lowest BCUT2D eigenvalue weighted by molar-refractivity contribution is -0.136. The Bertz CT molecular complexity index is 773. The van der Waals surface area contributed by atoms with E-state index in [-0.39, 0.29) is 17.7 Å². The summed E-state index contributed by atoms with van der Waals surface area (Å²) in [5.41, 5.74) is 0.636. The molecule has 0 bridgehead atoms. The van der Waals surface area contributed by atoms with Crippen LogP contribution in [0, 0.1) is 5.92 Å². The summed E-state index contributed by atoms with van der Waals surface area (Å²) in [6.07, 6.45) is 5.06. The first-order valence-corrected chi connectivity index (χ1v) is 8.92. The van der Waals surface area contributed by atoms with Gasteiger partial charge >= 0.3 is 0 Å². The minimum atomic E-state index is -0.0936. The maximum Gasteiger partial charge on any atom is 0.253 e. The van der Waals surface area contributed by atoms with E-state index in [2.05, 4.69) is 10.2 Å². The van der Waals surface area contributed by atoms with Crippen molar-refractivity contribution in [3.8, 4) is 0 Å². The predicted molar refractivity (Wildman–Crippen MR) is 96.1 cm³/mol. The molecule has 1 saturated heterocycles. The highest BCUT2D eigenvalue weighted by molar-refractivity contribution is 5.98. The summed E-state index contributed by atoms with van der Waals surface area (Å²) >= 11 is 0. The van der Waals surface area contributed by atoms with Gasteiger partial charge in [0.15, 0.2) is 0 Å². The number of amides is 2. The van der Waals surface area contributed by atoms with Gasteiger partial charge in [-0.3, -0.25) is 9.59 Å². The second-order valence-electron chi connectivity index (χ2n) is 6.43. The number of piperidine rings is 1. The molecule has 3 rings (SSSR count). The first-order valence-electron chi connectivity index (χ1n) is 8.92. The summed E-state index contributed by atoms with van der Waals surface area (Å²) < 4.78 is 0. The Kier molecular flexibility index (Phi) is 5.26. The highest BCUT2D eigenvalue weighted by Crippen LogP contribution is 2.22. The fraction of sp³-hybridized carbons (Fsp3) is 0.474. The van der Waals surface area contributed by atoms with Gasteiger partial charge in [0.1, 0.15) is 0 Å². The molecule has 1 aliphatic rings. The van der Waals surface area contributed by atoms with E-state index in [1.807, 2.05) is 41.8 Å². The van der Waals surface area contributed by atoms with E-state index in [1.165, 1.54) is 0 Å². The lowest BCUT2D eigenvalue weighted by Gasteiger charge is -2.34. The van der Waals surface area contributed by atoms with Gasteiger partial charge in [-0.15, -0.1) is 0 Å². The normalized spacial score (nSPS) is 17.5. The van der Waals surface area contributed by atoms with Crippen molar-refractivity contribution in [3.05, 3.63) is 36.2 Å². The zero-order valence-corrected chi connectivity index (χ0v) is 14.8. The van der Waals surface area contributed by atoms with Gasteiger partial charge in [-0.25, -0.2) is 0 Å². The number of hydrogen-bond donors (Lipinski definition) is 0. The van der Waals surface area contributed by atoms with Crippen LogP contribution >= 0.6 is 0 Å². The summed E-state index contributed by atoms with van der Waals surface area (Å²) in [6.45, 7) is 6.61. The molecule has 1 aliphatic heterocycles. The third kappa shape index (κ3) is 3.62. The number of fused-ring (bicyclic) bond motifs is 1. The molecule has 1 aromatic heterocycles. The van der Waals surface area contributed by atoms with Gasteiger partial charge in [0.05, 0.1) is 18.3 Å². The minimum Gasteiger partial charge on any atom is -0.343 e. The van der Waals surface area contributed by atoms with Crippen molar-refractivity contribution < 1.29 is 9.59 Å². The van der Waals surface area contributed by atoms with E-state index in [0.717, 1.165) is 23.6 Å². The maximum atomic E-state index is 12.9. The number of likely N-dealkylation sites (tertiary alicyclic amines) is 1. The number of rotatable bonds is 4. The Hall–Kier alpha value is -2.50. The third-order valence-corrected chi connectivity index (χ3v) is 4.93. The molecule has 1 aromatic carbocycles. The van der Waals surface area contributed by atoms with E-state index >= 15 is 0 Å². The van der Waals surface area contributed by atoms with Crippen molar-refractivity contribution in [2.75, 3.05) is 26.2 Å². The lowest BCUT2D eigenvalue weighted by Crippen LogP contribution is -2.46. The van der Waals surface area contributed by atoms with Gasteiger partial charge in [-0.05, 0) is 38.8 Å². The van der Waals surface area contributed by atoms with Gasteiger partial charge in [-0.1, -0.05) is 6.07 Å². The third-order valence-electron chi connectivity index (χ3n) is 4.93. The molecule has 0 aliphatic carbocycles. The van der Waals surface area contributed by atoms with Gasteiger partial charge in [0.2, 0.25) is 5.91 Å². The first kappa shape index (κ1) is 17.3. The lowest BCUT2D eigenvalue weighted by atomic mass is 9.95. The Morgan fingerprint density at radius 2 is 1.88 bits per heavy atom. The molecule has 0 unspecified atom stereocenters. The second-order valence-corrected chi connectivity index (χ2v) is 6.43. The van der Waals surface area contributed by atoms with Crippen LogP contribution in [0.15, 0.2) is 30.6 Å². The summed E-state index contributed by atoms with van der Waals surface area (Å²) in [5.74, 6) is 0.0518. The molecule has 0 radical (unpaired) electrons. The summed E-state index contributed by atoms with van der Waals surface area (Å²) in [4.78, 5) is 29.2. The molecule has 1 fully saturated rings. The molecule has 0 spiro atoms. The topological polar surface area (TPSA) is 66.4 Å². The molecule has 25 heavy (non-hydrogen) atoms. The molecular formula is C19H24N4O2. The zero-order chi connectivity index (χ0) is 17.8. The quantitative estimate of drug-likeness (QED) is 0.857. The first-order chi connectivity index (χ1) is 12.1. The van der Waals surface area contributed by atoms with E-state index in [4.69, 9.17) is 0 Å². The number of carbonyl (C=O) groups excluding carboxylic acids is 2. The SMILES string of the molecule is CCN(CC)C(=O)[C@@H]1CCCN(C(=O)c2ccc3cnncc3c2)C1. The Labute approximate surface area is 147 Å². The van der Waals surface area contributed by atoms with Gasteiger partial charge in [0, 0.05) is 42.5 Å². The van der Waals surface area contributed by atoms with Gasteiger partial charge in [0.25, 0.3) is 5.91 Å². The Morgan fingerprint density at radius 3 is 2.60 bits per heavy atom. The van der Waals surface area contributed by atoms with E-state index < -0.39 is 0 Å². The average molecular weight is 340 g/mol. The Balaban J connectivity index is 1.75. The molecule has 0 saturated carbocycles. The minimum absolute atomic E-state index is 0.0178. The molecule has 2 aromatic rings. The molecule has 2 amide bonds. The number of nitrogens with zero attached hydrogens (tertiary/aromatic N) is 4. The second kappa shape index (κ2) is 7.59. The van der Waals surface area contributed by atoms with Crippen molar-refractivity contribution in [2.45, 2.75) is 26.7 Å². The van der Waals surface area contributed by atoms with E-state index in [0.29, 0.717) is 31.7 Å². The molecule has 132 valence electrons. The summed E-state index contributed by atoms with van der Waals surface area (Å²) in [7, 11) is 0. The standard InChI is InChI=1S/C19H24N4O2/c1-3-22(4-2)19(25)16-6-5-9-23(13-16)18(24)14-7-8-15-11-20-21-12-17(15)10-14/h7-8,10-12,16H,3-6,9,13H2,1-2H3/t16-/m1/s1. The van der Waals surface area contributed by atoms with Crippen LogP contribution in [-0.4, -0.2) is 58.0 Å². The van der Waals surface area contributed by atoms with Gasteiger partial charge < -0.3 is 9.80 Å². The van der Waals surface area contributed by atoms with Crippen molar-refractivity contribution in [2.24, 2.45) is 5.92 Å². The van der Waals surface area contributed by atoms with Crippen LogP contribution in [0.1, 0.15) is 37.0 Å². The molecule has 6 heteroatoms. The average Bonchev–Trinajstić information content (AvgIpc) is 2.68. The number of hydrogen-bond acceptors (Lipinski definition) is 4. The maximum absolute atomic E-state index is 12.9. The van der Waals surface area contributed by atoms with Gasteiger partial charge in [-0.2, -0.15) is 10.2 Å². The van der Waals surface area contributed by atoms with E-state index in [9.17, 15) is 9.59 Å². The largest absolute Gasteiger partial charge is 0.343 e. The van der Waals surface area contributed by atoms with Crippen LogP contribution in [0.25, 0.3) is 10.8 Å². The van der Waals surface area contributed by atoms with E-state index in [1.54, 1.807) is 12.4 Å². The smallest absolute Gasteiger partial charge is 0.253 e. The summed E-state index contributed by atoms with van der Waals surface area (Å²) in [5, 5.41) is 9.58.